The van der Waals surface area contributed by atoms with Crippen LogP contribution in [0.1, 0.15) is 43.6 Å². The Labute approximate surface area is 171 Å². The van der Waals surface area contributed by atoms with Crippen LogP contribution < -0.4 is 9.64 Å². The molecule has 0 aliphatic heterocycles. The Bertz CT molecular complexity index is 1030. The first-order valence-corrected chi connectivity index (χ1v) is 10.5. The average molecular weight is 399 g/mol. The number of halogens is 1. The molecule has 28 heavy (non-hydrogen) atoms. The van der Waals surface area contributed by atoms with Gasteiger partial charge in [-0.1, -0.05) is 18.5 Å². The molecule has 2 aromatic heterocycles. The molecule has 0 atom stereocenters. The van der Waals surface area contributed by atoms with Crippen LogP contribution in [0, 0.1) is 6.92 Å². The fourth-order valence-corrected chi connectivity index (χ4v) is 4.53. The van der Waals surface area contributed by atoms with E-state index in [-0.39, 0.29) is 0 Å². The van der Waals surface area contributed by atoms with Crippen LogP contribution in [0.25, 0.3) is 16.8 Å². The van der Waals surface area contributed by atoms with Gasteiger partial charge >= 0.3 is 0 Å². The molecule has 0 unspecified atom stereocenters. The molecule has 0 amide bonds. The molecule has 1 aromatic carbocycles. The molecule has 1 aliphatic carbocycles. The third kappa shape index (κ3) is 3.02. The molecule has 148 valence electrons. The van der Waals surface area contributed by atoms with Gasteiger partial charge in [-0.3, -0.25) is 0 Å². The smallest absolute Gasteiger partial charge is 0.165 e. The summed E-state index contributed by atoms with van der Waals surface area (Å²) in [4.78, 5) is 7.49. The summed E-state index contributed by atoms with van der Waals surface area (Å²) >= 11 is 6.61. The van der Waals surface area contributed by atoms with Crippen LogP contribution in [0.2, 0.25) is 5.02 Å². The highest BCUT2D eigenvalue weighted by atomic mass is 35.5. The zero-order valence-corrected chi connectivity index (χ0v) is 17.8. The number of methoxy groups -OCH3 is 1. The topological polar surface area (TPSA) is 42.7 Å². The van der Waals surface area contributed by atoms with Crippen molar-refractivity contribution in [3.8, 4) is 16.9 Å². The van der Waals surface area contributed by atoms with Crippen LogP contribution in [0.4, 0.5) is 5.82 Å². The zero-order valence-electron chi connectivity index (χ0n) is 17.0. The molecule has 0 saturated carbocycles. The van der Waals surface area contributed by atoms with Crippen LogP contribution in [0.15, 0.2) is 18.2 Å². The minimum atomic E-state index is 0.655. The summed E-state index contributed by atoms with van der Waals surface area (Å²) in [5.74, 6) is 1.96. The SMILES string of the molecule is CCCN(CC)c1c2c(nc3c(-c4ccc(OC)cc4Cl)c(C)nn13)CCC2. The summed E-state index contributed by atoms with van der Waals surface area (Å²) in [7, 11) is 1.65. The Morgan fingerprint density at radius 3 is 2.75 bits per heavy atom. The van der Waals surface area contributed by atoms with Gasteiger partial charge in [-0.05, 0) is 57.7 Å². The summed E-state index contributed by atoms with van der Waals surface area (Å²) in [6.45, 7) is 8.44. The molecule has 2 heterocycles. The minimum Gasteiger partial charge on any atom is -0.497 e. The van der Waals surface area contributed by atoms with Crippen molar-refractivity contribution >= 4 is 23.1 Å². The molecule has 1 aliphatic rings. The highest BCUT2D eigenvalue weighted by molar-refractivity contribution is 6.33. The van der Waals surface area contributed by atoms with Gasteiger partial charge in [-0.25, -0.2) is 4.98 Å². The van der Waals surface area contributed by atoms with E-state index in [1.807, 2.05) is 25.1 Å². The maximum Gasteiger partial charge on any atom is 0.165 e. The van der Waals surface area contributed by atoms with Crippen LogP contribution in [0.3, 0.4) is 0 Å². The van der Waals surface area contributed by atoms with Crippen molar-refractivity contribution in [3.05, 3.63) is 40.2 Å². The van der Waals surface area contributed by atoms with E-state index < -0.39 is 0 Å². The third-order valence-corrected chi connectivity index (χ3v) is 5.87. The second-order valence-electron chi connectivity index (χ2n) is 7.34. The van der Waals surface area contributed by atoms with Gasteiger partial charge in [0.2, 0.25) is 0 Å². The molecular formula is C22H27ClN4O. The fourth-order valence-electron chi connectivity index (χ4n) is 4.26. The number of nitrogens with zero attached hydrogens (tertiary/aromatic N) is 4. The van der Waals surface area contributed by atoms with Crippen molar-refractivity contribution in [2.75, 3.05) is 25.1 Å². The molecule has 0 fully saturated rings. The number of hydrogen-bond donors (Lipinski definition) is 0. The van der Waals surface area contributed by atoms with E-state index in [0.29, 0.717) is 5.02 Å². The highest BCUT2D eigenvalue weighted by Crippen LogP contribution is 2.39. The largest absolute Gasteiger partial charge is 0.497 e. The van der Waals surface area contributed by atoms with Gasteiger partial charge in [0.15, 0.2) is 5.65 Å². The molecule has 4 rings (SSSR count). The van der Waals surface area contributed by atoms with Gasteiger partial charge in [-0.15, -0.1) is 0 Å². The number of fused-ring (bicyclic) bond motifs is 2. The Morgan fingerprint density at radius 1 is 1.25 bits per heavy atom. The van der Waals surface area contributed by atoms with Crippen LogP contribution in [-0.4, -0.2) is 34.8 Å². The first kappa shape index (κ1) is 19.1. The minimum absolute atomic E-state index is 0.655. The van der Waals surface area contributed by atoms with Crippen molar-refractivity contribution in [1.82, 2.24) is 14.6 Å². The summed E-state index contributed by atoms with van der Waals surface area (Å²) in [5.41, 5.74) is 6.37. The van der Waals surface area contributed by atoms with E-state index in [1.54, 1.807) is 7.11 Å². The molecule has 6 heteroatoms. The second kappa shape index (κ2) is 7.63. The molecule has 3 aromatic rings. The van der Waals surface area contributed by atoms with Crippen LogP contribution >= 0.6 is 11.6 Å². The molecule has 5 nitrogen and oxygen atoms in total. The van der Waals surface area contributed by atoms with Crippen molar-refractivity contribution in [2.45, 2.75) is 46.5 Å². The van der Waals surface area contributed by atoms with Crippen molar-refractivity contribution in [2.24, 2.45) is 0 Å². The first-order valence-electron chi connectivity index (χ1n) is 10.1. The number of benzene rings is 1. The Kier molecular flexibility index (Phi) is 5.19. The van der Waals surface area contributed by atoms with Gasteiger partial charge in [0.05, 0.1) is 23.4 Å². The van der Waals surface area contributed by atoms with Gasteiger partial charge in [0.25, 0.3) is 0 Å². The van der Waals surface area contributed by atoms with Gasteiger partial charge in [0, 0.05) is 29.9 Å². The second-order valence-corrected chi connectivity index (χ2v) is 7.74. The van der Waals surface area contributed by atoms with Crippen molar-refractivity contribution in [3.63, 3.8) is 0 Å². The van der Waals surface area contributed by atoms with Gasteiger partial charge in [0.1, 0.15) is 11.6 Å². The molecule has 0 radical (unpaired) electrons. The number of rotatable bonds is 6. The Balaban J connectivity index is 1.99. The average Bonchev–Trinajstić information content (AvgIpc) is 3.28. The first-order chi connectivity index (χ1) is 13.6. The molecule has 0 bridgehead atoms. The lowest BCUT2D eigenvalue weighted by atomic mass is 10.1. The maximum absolute atomic E-state index is 6.61. The summed E-state index contributed by atoms with van der Waals surface area (Å²) in [6, 6.07) is 5.79. The van der Waals surface area contributed by atoms with E-state index in [9.17, 15) is 0 Å². The quantitative estimate of drug-likeness (QED) is 0.579. The number of anilines is 1. The fraction of sp³-hybridized carbons (Fsp3) is 0.455. The van der Waals surface area contributed by atoms with Crippen molar-refractivity contribution in [1.29, 1.82) is 0 Å². The monoisotopic (exact) mass is 398 g/mol. The zero-order chi connectivity index (χ0) is 19.8. The lowest BCUT2D eigenvalue weighted by Crippen LogP contribution is -2.27. The number of aromatic nitrogens is 3. The predicted molar refractivity (Wildman–Crippen MR) is 115 cm³/mol. The van der Waals surface area contributed by atoms with E-state index in [1.165, 1.54) is 17.1 Å². The molecular weight excluding hydrogens is 372 g/mol. The van der Waals surface area contributed by atoms with Gasteiger partial charge < -0.3 is 9.64 Å². The molecule has 0 spiro atoms. The molecule has 0 saturated heterocycles. The van der Waals surface area contributed by atoms with E-state index in [0.717, 1.165) is 67.0 Å². The van der Waals surface area contributed by atoms with E-state index in [4.69, 9.17) is 26.4 Å². The Hall–Kier alpha value is -2.27. The predicted octanol–water partition coefficient (Wildman–Crippen LogP) is 5.09. The highest BCUT2D eigenvalue weighted by Gasteiger charge is 2.27. The lowest BCUT2D eigenvalue weighted by Gasteiger charge is -2.25. The summed E-state index contributed by atoms with van der Waals surface area (Å²) in [5, 5.41) is 5.58. The lowest BCUT2D eigenvalue weighted by molar-refractivity contribution is 0.415. The van der Waals surface area contributed by atoms with E-state index in [2.05, 4.69) is 23.3 Å². The number of ether oxygens (including phenoxy) is 1. The summed E-state index contributed by atoms with van der Waals surface area (Å²) < 4.78 is 7.36. The van der Waals surface area contributed by atoms with Crippen molar-refractivity contribution < 1.29 is 4.74 Å². The normalized spacial score (nSPS) is 13.2. The number of hydrogen-bond acceptors (Lipinski definition) is 4. The maximum atomic E-state index is 6.61. The standard InChI is InChI=1S/C22H27ClN4O/c1-5-12-26(6-2)22-17-8-7-9-19(17)24-21-20(14(3)25-27(21)22)16-11-10-15(28-4)13-18(16)23/h10-11,13H,5-9,12H2,1-4H3. The molecule has 0 N–H and O–H groups in total. The van der Waals surface area contributed by atoms with Gasteiger partial charge in [-0.2, -0.15) is 9.61 Å². The van der Waals surface area contributed by atoms with Crippen LogP contribution in [0.5, 0.6) is 5.75 Å². The summed E-state index contributed by atoms with van der Waals surface area (Å²) in [6.07, 6.45) is 4.36. The Morgan fingerprint density at radius 2 is 2.07 bits per heavy atom. The number of aryl methyl sites for hydroxylation is 2. The third-order valence-electron chi connectivity index (χ3n) is 5.56. The van der Waals surface area contributed by atoms with Crippen LogP contribution in [-0.2, 0) is 12.8 Å². The van der Waals surface area contributed by atoms with E-state index >= 15 is 0 Å².